The predicted octanol–water partition coefficient (Wildman–Crippen LogP) is 0.806. The molecule has 23 heavy (non-hydrogen) atoms. The van der Waals surface area contributed by atoms with E-state index in [9.17, 15) is 19.2 Å². The Labute approximate surface area is 138 Å². The molecule has 0 aromatic heterocycles. The van der Waals surface area contributed by atoms with Crippen molar-refractivity contribution in [3.63, 3.8) is 0 Å². The van der Waals surface area contributed by atoms with Gasteiger partial charge >= 0.3 is 23.9 Å². The summed E-state index contributed by atoms with van der Waals surface area (Å²) in [6, 6.07) is 0. The van der Waals surface area contributed by atoms with Crippen molar-refractivity contribution in [3.8, 4) is 0 Å². The van der Waals surface area contributed by atoms with Gasteiger partial charge in [0.1, 0.15) is 0 Å². The van der Waals surface area contributed by atoms with Crippen LogP contribution in [-0.2, 0) is 38.1 Å². The molecule has 0 aliphatic carbocycles. The van der Waals surface area contributed by atoms with Gasteiger partial charge in [-0.05, 0) is 6.92 Å². The summed E-state index contributed by atoms with van der Waals surface area (Å²) in [5.74, 6) is -2.41. The molecule has 5 atom stereocenters. The van der Waals surface area contributed by atoms with Crippen molar-refractivity contribution in [2.45, 2.75) is 63.6 Å². The maximum atomic E-state index is 11.4. The van der Waals surface area contributed by atoms with Crippen LogP contribution in [0.1, 0.15) is 34.6 Å². The van der Waals surface area contributed by atoms with Gasteiger partial charge in [-0.1, -0.05) is 0 Å². The van der Waals surface area contributed by atoms with Crippen LogP contribution >= 0.6 is 11.8 Å². The Morgan fingerprint density at radius 2 is 1.04 bits per heavy atom. The third-order valence-electron chi connectivity index (χ3n) is 2.92. The second kappa shape index (κ2) is 8.19. The van der Waals surface area contributed by atoms with E-state index in [4.69, 9.17) is 18.9 Å². The van der Waals surface area contributed by atoms with Gasteiger partial charge in [0.25, 0.3) is 0 Å². The van der Waals surface area contributed by atoms with E-state index in [1.807, 2.05) is 0 Å². The number of hydrogen-bond acceptors (Lipinski definition) is 9. The van der Waals surface area contributed by atoms with Crippen LogP contribution in [0.15, 0.2) is 0 Å². The van der Waals surface area contributed by atoms with Crippen LogP contribution in [0.25, 0.3) is 0 Å². The highest BCUT2D eigenvalue weighted by atomic mass is 32.2. The minimum Gasteiger partial charge on any atom is -0.457 e. The molecule has 0 radical (unpaired) electrons. The third-order valence-corrected chi connectivity index (χ3v) is 4.25. The first-order valence-corrected chi connectivity index (χ1v) is 7.90. The normalized spacial score (nSPS) is 30.0. The summed E-state index contributed by atoms with van der Waals surface area (Å²) in [6.07, 6.45) is -2.98. The van der Waals surface area contributed by atoms with Gasteiger partial charge in [-0.15, -0.1) is 11.8 Å². The quantitative estimate of drug-likeness (QED) is 0.539. The van der Waals surface area contributed by atoms with Crippen molar-refractivity contribution in [3.05, 3.63) is 0 Å². The Hall–Kier alpha value is -1.77. The molecule has 1 saturated heterocycles. The van der Waals surface area contributed by atoms with E-state index in [0.29, 0.717) is 0 Å². The van der Waals surface area contributed by atoms with Crippen molar-refractivity contribution < 1.29 is 38.1 Å². The highest BCUT2D eigenvalue weighted by Crippen LogP contribution is 2.38. The number of thioether (sulfide) groups is 1. The highest BCUT2D eigenvalue weighted by Gasteiger charge is 2.51. The third kappa shape index (κ3) is 5.74. The van der Waals surface area contributed by atoms with Crippen molar-refractivity contribution >= 4 is 35.6 Å². The zero-order valence-corrected chi connectivity index (χ0v) is 14.4. The Morgan fingerprint density at radius 1 is 0.652 bits per heavy atom. The number of rotatable bonds is 4. The lowest BCUT2D eigenvalue weighted by atomic mass is 10.0. The molecule has 0 spiro atoms. The monoisotopic (exact) mass is 348 g/mol. The Balaban J connectivity index is 3.15. The minimum atomic E-state index is -1.08. The molecule has 8 nitrogen and oxygen atoms in total. The van der Waals surface area contributed by atoms with Crippen LogP contribution in [-0.4, -0.2) is 52.9 Å². The average molecular weight is 348 g/mol. The summed E-state index contributed by atoms with van der Waals surface area (Å²) in [6.45, 7) is 6.54. The fourth-order valence-corrected chi connectivity index (χ4v) is 3.57. The molecule has 1 fully saturated rings. The fourth-order valence-electron chi connectivity index (χ4n) is 2.23. The standard InChI is InChI=1S/C14H20O8S/c1-6-11(19-7(2)15)12(20-8(3)16)13(21-9(4)17)14(23-6)22-10(5)18/h6,11-14H,1-5H3/t6-,11-,12+,13-,14?/m1/s1. The Morgan fingerprint density at radius 3 is 1.48 bits per heavy atom. The van der Waals surface area contributed by atoms with Gasteiger partial charge in [0.15, 0.2) is 23.7 Å². The molecule has 0 aromatic carbocycles. The molecule has 0 saturated carbocycles. The molecule has 1 unspecified atom stereocenters. The molecular weight excluding hydrogens is 328 g/mol. The maximum absolute atomic E-state index is 11.4. The lowest BCUT2D eigenvalue weighted by molar-refractivity contribution is -0.193. The van der Waals surface area contributed by atoms with E-state index in [1.165, 1.54) is 27.7 Å². The van der Waals surface area contributed by atoms with Gasteiger partial charge in [0, 0.05) is 32.9 Å². The van der Waals surface area contributed by atoms with E-state index in [-0.39, 0.29) is 5.25 Å². The van der Waals surface area contributed by atoms with Crippen molar-refractivity contribution in [1.82, 2.24) is 0 Å². The summed E-state index contributed by atoms with van der Waals surface area (Å²) >= 11 is 1.16. The van der Waals surface area contributed by atoms with Crippen LogP contribution in [0.5, 0.6) is 0 Å². The van der Waals surface area contributed by atoms with Gasteiger partial charge in [-0.3, -0.25) is 19.2 Å². The zero-order valence-electron chi connectivity index (χ0n) is 13.6. The van der Waals surface area contributed by atoms with Crippen LogP contribution in [0.3, 0.4) is 0 Å². The molecule has 0 bridgehead atoms. The van der Waals surface area contributed by atoms with Gasteiger partial charge in [0.05, 0.1) is 0 Å². The lowest BCUT2D eigenvalue weighted by Crippen LogP contribution is -2.57. The van der Waals surface area contributed by atoms with Gasteiger partial charge < -0.3 is 18.9 Å². The number of esters is 4. The largest absolute Gasteiger partial charge is 0.457 e. The smallest absolute Gasteiger partial charge is 0.303 e. The molecule has 0 aromatic rings. The molecule has 1 heterocycles. The van der Waals surface area contributed by atoms with Crippen molar-refractivity contribution in [2.24, 2.45) is 0 Å². The molecule has 1 rings (SSSR count). The van der Waals surface area contributed by atoms with Crippen LogP contribution in [0, 0.1) is 0 Å². The fraction of sp³-hybridized carbons (Fsp3) is 0.714. The second-order valence-corrected chi connectivity index (χ2v) is 6.52. The number of carbonyl (C=O) groups is 4. The first-order valence-electron chi connectivity index (χ1n) is 6.96. The Bertz CT molecular complexity index is 491. The van der Waals surface area contributed by atoms with Crippen molar-refractivity contribution in [1.29, 1.82) is 0 Å². The summed E-state index contributed by atoms with van der Waals surface area (Å²) < 4.78 is 20.7. The average Bonchev–Trinajstić information content (AvgIpc) is 2.36. The van der Waals surface area contributed by atoms with Gasteiger partial charge in [-0.25, -0.2) is 0 Å². The Kier molecular flexibility index (Phi) is 6.86. The van der Waals surface area contributed by atoms with Crippen LogP contribution in [0.2, 0.25) is 0 Å². The molecule has 1 aliphatic heterocycles. The summed E-state index contributed by atoms with van der Waals surface area (Å²) in [4.78, 5) is 45.3. The van der Waals surface area contributed by atoms with Crippen LogP contribution in [0.4, 0.5) is 0 Å². The first kappa shape index (κ1) is 19.3. The first-order chi connectivity index (χ1) is 10.6. The van der Waals surface area contributed by atoms with E-state index < -0.39 is 47.6 Å². The molecule has 1 aliphatic rings. The predicted molar refractivity (Wildman–Crippen MR) is 79.3 cm³/mol. The number of hydrogen-bond donors (Lipinski definition) is 0. The molecular formula is C14H20O8S. The maximum Gasteiger partial charge on any atom is 0.303 e. The number of carbonyl (C=O) groups excluding carboxylic acids is 4. The van der Waals surface area contributed by atoms with E-state index in [0.717, 1.165) is 11.8 Å². The van der Waals surface area contributed by atoms with E-state index in [2.05, 4.69) is 0 Å². The van der Waals surface area contributed by atoms with E-state index in [1.54, 1.807) is 6.92 Å². The minimum absolute atomic E-state index is 0.348. The van der Waals surface area contributed by atoms with Crippen LogP contribution < -0.4 is 0 Å². The van der Waals surface area contributed by atoms with Crippen molar-refractivity contribution in [2.75, 3.05) is 0 Å². The van der Waals surface area contributed by atoms with E-state index >= 15 is 0 Å². The number of ether oxygens (including phenoxy) is 4. The molecule has 0 amide bonds. The van der Waals surface area contributed by atoms with Gasteiger partial charge in [0.2, 0.25) is 0 Å². The molecule has 9 heteroatoms. The zero-order chi connectivity index (χ0) is 17.7. The summed E-state index contributed by atoms with van der Waals surface area (Å²) in [5.41, 5.74) is -0.873. The molecule has 130 valence electrons. The summed E-state index contributed by atoms with van der Waals surface area (Å²) in [5, 5.41) is -0.348. The molecule has 0 N–H and O–H groups in total. The van der Waals surface area contributed by atoms with Gasteiger partial charge in [-0.2, -0.15) is 0 Å². The lowest BCUT2D eigenvalue weighted by Gasteiger charge is -2.42. The topological polar surface area (TPSA) is 105 Å². The SMILES string of the molecule is CC(=O)OC1S[C@H](C)[C@@H](OC(C)=O)[C@H](OC(C)=O)[C@H]1OC(C)=O. The second-order valence-electron chi connectivity index (χ2n) is 5.04. The summed E-state index contributed by atoms with van der Waals surface area (Å²) in [7, 11) is 0. The highest BCUT2D eigenvalue weighted by molar-refractivity contribution is 8.00.